The molecule has 1 aromatic heterocycles. The highest BCUT2D eigenvalue weighted by atomic mass is 28.4. The van der Waals surface area contributed by atoms with E-state index in [9.17, 15) is 0 Å². The van der Waals surface area contributed by atoms with Crippen LogP contribution in [-0.4, -0.2) is 26.0 Å². The number of benzene rings is 1. The largest absolute Gasteiger partial charge is 0.415 e. The number of hydrogen-bond acceptors (Lipinski definition) is 2. The van der Waals surface area contributed by atoms with E-state index in [4.69, 9.17) is 4.43 Å². The third-order valence-corrected chi connectivity index (χ3v) is 9.47. The average molecular weight is 333 g/mol. The van der Waals surface area contributed by atoms with Gasteiger partial charge >= 0.3 is 0 Å². The number of fused-ring (bicyclic) bond motifs is 1. The van der Waals surface area contributed by atoms with E-state index < -0.39 is 8.32 Å². The molecule has 0 aliphatic rings. The highest BCUT2D eigenvalue weighted by Crippen LogP contribution is 2.36. The standard InChI is InChI=1S/C19H32N2OSi/c1-7-13-21-17-11-9-8-10-16(17)15-18(21)20-12-14-22-23(5,6)19(2,3)4/h8-11,15,20H,7,12-14H2,1-6H3. The first kappa shape index (κ1) is 18.1. The van der Waals surface area contributed by atoms with Crippen LogP contribution in [0.5, 0.6) is 0 Å². The SMILES string of the molecule is CCCn1c(NCCO[Si](C)(C)C(C)(C)C)cc2ccccc21. The van der Waals surface area contributed by atoms with Crippen LogP contribution >= 0.6 is 0 Å². The van der Waals surface area contributed by atoms with Crippen LogP contribution in [0, 0.1) is 0 Å². The molecule has 0 unspecified atom stereocenters. The molecular formula is C19H32N2OSi. The number of anilines is 1. The second-order valence-electron chi connectivity index (χ2n) is 7.78. The molecule has 0 saturated carbocycles. The Kier molecular flexibility index (Phi) is 5.58. The molecular weight excluding hydrogens is 300 g/mol. The maximum Gasteiger partial charge on any atom is 0.192 e. The normalized spacial score (nSPS) is 12.8. The highest BCUT2D eigenvalue weighted by molar-refractivity contribution is 6.74. The summed E-state index contributed by atoms with van der Waals surface area (Å²) in [5, 5.41) is 5.14. The predicted octanol–water partition coefficient (Wildman–Crippen LogP) is 5.49. The predicted molar refractivity (Wildman–Crippen MR) is 104 cm³/mol. The van der Waals surface area contributed by atoms with E-state index in [1.54, 1.807) is 0 Å². The number of aromatic nitrogens is 1. The fourth-order valence-electron chi connectivity index (χ4n) is 2.52. The minimum absolute atomic E-state index is 0.268. The summed E-state index contributed by atoms with van der Waals surface area (Å²) >= 11 is 0. The summed E-state index contributed by atoms with van der Waals surface area (Å²) in [6.07, 6.45) is 1.13. The van der Waals surface area contributed by atoms with Crippen molar-refractivity contribution in [2.75, 3.05) is 18.5 Å². The van der Waals surface area contributed by atoms with Crippen LogP contribution in [0.25, 0.3) is 10.9 Å². The molecule has 0 fully saturated rings. The summed E-state index contributed by atoms with van der Waals surface area (Å²) in [6.45, 7) is 16.3. The molecule has 0 aliphatic carbocycles. The van der Waals surface area contributed by atoms with Crippen LogP contribution in [0.2, 0.25) is 18.1 Å². The summed E-state index contributed by atoms with van der Waals surface area (Å²) in [5.41, 5.74) is 1.31. The lowest BCUT2D eigenvalue weighted by molar-refractivity contribution is 0.301. The zero-order chi connectivity index (χ0) is 17.1. The van der Waals surface area contributed by atoms with E-state index in [2.05, 4.69) is 81.0 Å². The number of aryl methyl sites for hydroxylation is 1. The highest BCUT2D eigenvalue weighted by Gasteiger charge is 2.36. The molecule has 23 heavy (non-hydrogen) atoms. The molecule has 3 nitrogen and oxygen atoms in total. The van der Waals surface area contributed by atoms with Crippen LogP contribution in [-0.2, 0) is 11.0 Å². The van der Waals surface area contributed by atoms with Gasteiger partial charge in [0.1, 0.15) is 5.82 Å². The van der Waals surface area contributed by atoms with Gasteiger partial charge in [-0.2, -0.15) is 0 Å². The zero-order valence-corrected chi connectivity index (χ0v) is 16.6. The third-order valence-electron chi connectivity index (χ3n) is 4.94. The molecule has 0 saturated heterocycles. The second kappa shape index (κ2) is 7.10. The molecule has 4 heteroatoms. The summed E-state index contributed by atoms with van der Waals surface area (Å²) in [6, 6.07) is 10.8. The maximum atomic E-state index is 6.26. The van der Waals surface area contributed by atoms with Gasteiger partial charge in [-0.3, -0.25) is 0 Å². The Balaban J connectivity index is 2.01. The van der Waals surface area contributed by atoms with Crippen LogP contribution in [0.15, 0.2) is 30.3 Å². The smallest absolute Gasteiger partial charge is 0.192 e. The summed E-state index contributed by atoms with van der Waals surface area (Å²) in [4.78, 5) is 0. The molecule has 2 rings (SSSR count). The third kappa shape index (κ3) is 4.18. The lowest BCUT2D eigenvalue weighted by Gasteiger charge is -2.36. The van der Waals surface area contributed by atoms with E-state index in [0.717, 1.165) is 26.1 Å². The molecule has 1 aromatic carbocycles. The molecule has 1 N–H and O–H groups in total. The van der Waals surface area contributed by atoms with Crippen LogP contribution in [0.1, 0.15) is 34.1 Å². The summed E-state index contributed by atoms with van der Waals surface area (Å²) < 4.78 is 8.63. The van der Waals surface area contributed by atoms with Gasteiger partial charge in [0.2, 0.25) is 0 Å². The Bertz CT molecular complexity index is 640. The average Bonchev–Trinajstić information content (AvgIpc) is 2.81. The van der Waals surface area contributed by atoms with Gasteiger partial charge in [-0.25, -0.2) is 0 Å². The second-order valence-corrected chi connectivity index (χ2v) is 12.6. The minimum atomic E-state index is -1.65. The Morgan fingerprint density at radius 3 is 2.52 bits per heavy atom. The number of nitrogens with one attached hydrogen (secondary N) is 1. The van der Waals surface area contributed by atoms with Crippen molar-refractivity contribution in [3.63, 3.8) is 0 Å². The fraction of sp³-hybridized carbons (Fsp3) is 0.579. The van der Waals surface area contributed by atoms with Gasteiger partial charge in [0.05, 0.1) is 6.61 Å². The van der Waals surface area contributed by atoms with E-state index in [-0.39, 0.29) is 5.04 Å². The monoisotopic (exact) mass is 332 g/mol. The minimum Gasteiger partial charge on any atom is -0.415 e. The van der Waals surface area contributed by atoms with Crippen LogP contribution < -0.4 is 5.32 Å². The van der Waals surface area contributed by atoms with Gasteiger partial charge in [0.15, 0.2) is 8.32 Å². The van der Waals surface area contributed by atoms with Crippen molar-refractivity contribution in [1.82, 2.24) is 4.57 Å². The van der Waals surface area contributed by atoms with E-state index >= 15 is 0 Å². The van der Waals surface area contributed by atoms with Crippen molar-refractivity contribution in [3.8, 4) is 0 Å². The van der Waals surface area contributed by atoms with Gasteiger partial charge in [0, 0.05) is 24.0 Å². The van der Waals surface area contributed by atoms with Crippen molar-refractivity contribution in [2.24, 2.45) is 0 Å². The lowest BCUT2D eigenvalue weighted by atomic mass is 10.2. The van der Waals surface area contributed by atoms with E-state index in [0.29, 0.717) is 0 Å². The molecule has 0 spiro atoms. The molecule has 0 radical (unpaired) electrons. The molecule has 0 bridgehead atoms. The number of rotatable bonds is 7. The van der Waals surface area contributed by atoms with Gasteiger partial charge in [-0.1, -0.05) is 45.9 Å². The van der Waals surface area contributed by atoms with Crippen molar-refractivity contribution in [1.29, 1.82) is 0 Å². The van der Waals surface area contributed by atoms with Gasteiger partial charge in [-0.05, 0) is 36.7 Å². The first-order chi connectivity index (χ1) is 10.8. The Morgan fingerprint density at radius 2 is 1.87 bits per heavy atom. The Labute approximate surface area is 142 Å². The summed E-state index contributed by atoms with van der Waals surface area (Å²) in [5.74, 6) is 1.20. The summed E-state index contributed by atoms with van der Waals surface area (Å²) in [7, 11) is -1.65. The Morgan fingerprint density at radius 1 is 1.17 bits per heavy atom. The van der Waals surface area contributed by atoms with Crippen LogP contribution in [0.3, 0.4) is 0 Å². The molecule has 0 amide bonds. The topological polar surface area (TPSA) is 26.2 Å². The van der Waals surface area contributed by atoms with Crippen molar-refractivity contribution in [3.05, 3.63) is 30.3 Å². The molecule has 128 valence electrons. The van der Waals surface area contributed by atoms with E-state index in [1.165, 1.54) is 16.7 Å². The molecule has 0 atom stereocenters. The molecule has 2 aromatic rings. The first-order valence-corrected chi connectivity index (χ1v) is 11.6. The fourth-order valence-corrected chi connectivity index (χ4v) is 3.57. The first-order valence-electron chi connectivity index (χ1n) is 8.72. The lowest BCUT2D eigenvalue weighted by Crippen LogP contribution is -2.41. The van der Waals surface area contributed by atoms with Gasteiger partial charge in [-0.15, -0.1) is 0 Å². The molecule has 1 heterocycles. The van der Waals surface area contributed by atoms with Crippen molar-refractivity contribution >= 4 is 25.0 Å². The quantitative estimate of drug-likeness (QED) is 0.536. The number of para-hydroxylation sites is 1. The van der Waals surface area contributed by atoms with Gasteiger partial charge in [0.25, 0.3) is 0 Å². The number of nitrogens with zero attached hydrogens (tertiary/aromatic N) is 1. The molecule has 0 aliphatic heterocycles. The van der Waals surface area contributed by atoms with Crippen molar-refractivity contribution < 1.29 is 4.43 Å². The zero-order valence-electron chi connectivity index (χ0n) is 15.6. The number of hydrogen-bond donors (Lipinski definition) is 1. The Hall–Kier alpha value is -1.26. The van der Waals surface area contributed by atoms with Crippen LogP contribution in [0.4, 0.5) is 5.82 Å². The van der Waals surface area contributed by atoms with Crippen molar-refractivity contribution in [2.45, 2.75) is 58.8 Å². The van der Waals surface area contributed by atoms with Gasteiger partial charge < -0.3 is 14.3 Å². The van der Waals surface area contributed by atoms with E-state index in [1.807, 2.05) is 0 Å². The maximum absolute atomic E-state index is 6.26.